The predicted octanol–water partition coefficient (Wildman–Crippen LogP) is 3.94. The van der Waals surface area contributed by atoms with E-state index in [0.29, 0.717) is 17.8 Å². The number of benzene rings is 3. The number of rotatable bonds is 4. The highest BCUT2D eigenvalue weighted by Crippen LogP contribution is 2.41. The fourth-order valence-corrected chi connectivity index (χ4v) is 3.16. The molecular weight excluding hydrogens is 332 g/mol. The lowest BCUT2D eigenvalue weighted by Gasteiger charge is -2.17. The van der Waals surface area contributed by atoms with Crippen molar-refractivity contribution in [2.24, 2.45) is 0 Å². The van der Waals surface area contributed by atoms with Crippen LogP contribution in [0.3, 0.4) is 0 Å². The Morgan fingerprint density at radius 1 is 1.00 bits per heavy atom. The van der Waals surface area contributed by atoms with Gasteiger partial charge in [0.15, 0.2) is 5.43 Å². The van der Waals surface area contributed by atoms with E-state index in [1.807, 2.05) is 24.3 Å². The fourth-order valence-electron chi connectivity index (χ4n) is 3.16. The first-order valence-corrected chi connectivity index (χ1v) is 8.00. The molecule has 0 atom stereocenters. The molecule has 2 aliphatic rings. The summed E-state index contributed by atoms with van der Waals surface area (Å²) in [5.41, 5.74) is 3.61. The van der Waals surface area contributed by atoms with E-state index in [4.69, 9.17) is 9.15 Å². The smallest absolute Gasteiger partial charge is 0.293 e. The third-order valence-corrected chi connectivity index (χ3v) is 4.27. The summed E-state index contributed by atoms with van der Waals surface area (Å²) in [7, 11) is 0. The van der Waals surface area contributed by atoms with E-state index in [1.54, 1.807) is 18.2 Å². The molecule has 2 aromatic rings. The van der Waals surface area contributed by atoms with Gasteiger partial charge < -0.3 is 14.3 Å². The third-order valence-electron chi connectivity index (χ3n) is 4.27. The Hall–Kier alpha value is -3.60. The molecule has 1 aliphatic heterocycles. The molecule has 4 rings (SSSR count). The minimum atomic E-state index is -0.163. The minimum absolute atomic E-state index is 0.0717. The van der Waals surface area contributed by atoms with Crippen molar-refractivity contribution in [3.8, 4) is 28.2 Å². The van der Waals surface area contributed by atoms with Crippen molar-refractivity contribution in [3.05, 3.63) is 76.5 Å². The van der Waals surface area contributed by atoms with Gasteiger partial charge in [-0.1, -0.05) is 24.3 Å². The summed E-state index contributed by atoms with van der Waals surface area (Å²) in [6.45, 7) is 0.543. The molecule has 0 unspecified atom stereocenters. The van der Waals surface area contributed by atoms with Crippen LogP contribution < -0.4 is 5.43 Å². The highest BCUT2D eigenvalue weighted by Gasteiger charge is 2.19. The fraction of sp³-hybridized carbons (Fsp3) is 0.0476. The van der Waals surface area contributed by atoms with Crippen molar-refractivity contribution >= 4 is 17.4 Å². The molecule has 1 aliphatic carbocycles. The third kappa shape index (κ3) is 2.69. The van der Waals surface area contributed by atoms with Crippen LogP contribution in [-0.2, 0) is 16.1 Å². The SMILES string of the molecule is O=COCc1ccccc1-c1c2ccc(=O)cc-2oc2cc(O)ccc12. The molecule has 1 heterocycles. The van der Waals surface area contributed by atoms with Crippen molar-refractivity contribution < 1.29 is 19.1 Å². The van der Waals surface area contributed by atoms with Gasteiger partial charge in [0.05, 0.1) is 0 Å². The Balaban J connectivity index is 2.11. The van der Waals surface area contributed by atoms with E-state index in [9.17, 15) is 14.7 Å². The Kier molecular flexibility index (Phi) is 3.89. The van der Waals surface area contributed by atoms with Crippen molar-refractivity contribution in [2.45, 2.75) is 6.61 Å². The van der Waals surface area contributed by atoms with Gasteiger partial charge in [-0.25, -0.2) is 0 Å². The lowest BCUT2D eigenvalue weighted by molar-refractivity contribution is -0.129. The Morgan fingerprint density at radius 3 is 2.69 bits per heavy atom. The summed E-state index contributed by atoms with van der Waals surface area (Å²) in [6, 6.07) is 17.1. The topological polar surface area (TPSA) is 76.7 Å². The monoisotopic (exact) mass is 346 g/mol. The van der Waals surface area contributed by atoms with E-state index in [0.717, 1.165) is 27.6 Å². The predicted molar refractivity (Wildman–Crippen MR) is 97.1 cm³/mol. The maximum Gasteiger partial charge on any atom is 0.293 e. The Labute approximate surface area is 148 Å². The summed E-state index contributed by atoms with van der Waals surface area (Å²) < 4.78 is 10.8. The zero-order valence-corrected chi connectivity index (χ0v) is 13.6. The molecule has 0 radical (unpaired) electrons. The van der Waals surface area contributed by atoms with Crippen LogP contribution in [0.4, 0.5) is 0 Å². The van der Waals surface area contributed by atoms with Crippen LogP contribution in [0.5, 0.6) is 5.75 Å². The van der Waals surface area contributed by atoms with Crippen molar-refractivity contribution in [1.82, 2.24) is 0 Å². The summed E-state index contributed by atoms with van der Waals surface area (Å²) in [6.07, 6.45) is 0. The van der Waals surface area contributed by atoms with E-state index < -0.39 is 0 Å². The average molecular weight is 346 g/mol. The number of phenols is 1. The lowest BCUT2D eigenvalue weighted by Crippen LogP contribution is -2.01. The van der Waals surface area contributed by atoms with Gasteiger partial charge in [0, 0.05) is 28.6 Å². The number of hydrogen-bond donors (Lipinski definition) is 1. The molecular formula is C21H14O5. The molecule has 128 valence electrons. The number of phenolic OH excluding ortho intramolecular Hbond substituents is 1. The molecule has 1 N–H and O–H groups in total. The van der Waals surface area contributed by atoms with E-state index >= 15 is 0 Å². The number of hydrogen-bond acceptors (Lipinski definition) is 5. The highest BCUT2D eigenvalue weighted by molar-refractivity contribution is 6.02. The maximum atomic E-state index is 11.8. The van der Waals surface area contributed by atoms with Gasteiger partial charge in [0.1, 0.15) is 23.7 Å². The average Bonchev–Trinajstić information content (AvgIpc) is 2.64. The first kappa shape index (κ1) is 15.9. The summed E-state index contributed by atoms with van der Waals surface area (Å²) in [4.78, 5) is 22.4. The molecule has 0 aromatic heterocycles. The molecule has 0 bridgehead atoms. The van der Waals surface area contributed by atoms with E-state index in [2.05, 4.69) is 0 Å². The van der Waals surface area contributed by atoms with Crippen LogP contribution in [0.1, 0.15) is 5.56 Å². The van der Waals surface area contributed by atoms with Crippen LogP contribution in [0, 0.1) is 0 Å². The lowest BCUT2D eigenvalue weighted by atomic mass is 9.91. The van der Waals surface area contributed by atoms with Crippen molar-refractivity contribution in [2.75, 3.05) is 0 Å². The van der Waals surface area contributed by atoms with E-state index in [1.165, 1.54) is 18.2 Å². The van der Waals surface area contributed by atoms with Gasteiger partial charge >= 0.3 is 0 Å². The molecule has 0 amide bonds. The van der Waals surface area contributed by atoms with Crippen LogP contribution >= 0.6 is 0 Å². The van der Waals surface area contributed by atoms with Gasteiger partial charge in [-0.15, -0.1) is 0 Å². The summed E-state index contributed by atoms with van der Waals surface area (Å²) in [5.74, 6) is 0.499. The van der Waals surface area contributed by atoms with Crippen molar-refractivity contribution in [1.29, 1.82) is 0 Å². The van der Waals surface area contributed by atoms with Crippen LogP contribution in [0.15, 0.2) is 69.9 Å². The normalized spacial score (nSPS) is 10.9. The zero-order valence-electron chi connectivity index (χ0n) is 13.6. The number of carbonyl (C=O) groups is 1. The number of aromatic hydroxyl groups is 1. The summed E-state index contributed by atoms with van der Waals surface area (Å²) >= 11 is 0. The largest absolute Gasteiger partial charge is 0.508 e. The second-order valence-electron chi connectivity index (χ2n) is 5.88. The van der Waals surface area contributed by atoms with E-state index in [-0.39, 0.29) is 17.8 Å². The van der Waals surface area contributed by atoms with Crippen LogP contribution in [0.25, 0.3) is 33.4 Å². The van der Waals surface area contributed by atoms with Gasteiger partial charge in [-0.2, -0.15) is 0 Å². The number of ether oxygens (including phenoxy) is 1. The first-order chi connectivity index (χ1) is 12.7. The molecule has 0 saturated carbocycles. The zero-order chi connectivity index (χ0) is 18.1. The number of fused-ring (bicyclic) bond motifs is 2. The molecule has 0 fully saturated rings. The van der Waals surface area contributed by atoms with Crippen LogP contribution in [0.2, 0.25) is 0 Å². The second kappa shape index (κ2) is 6.37. The second-order valence-corrected chi connectivity index (χ2v) is 5.88. The van der Waals surface area contributed by atoms with Gasteiger partial charge in [0.25, 0.3) is 6.47 Å². The molecule has 0 saturated heterocycles. The maximum absolute atomic E-state index is 11.8. The van der Waals surface area contributed by atoms with Gasteiger partial charge in [-0.3, -0.25) is 9.59 Å². The van der Waals surface area contributed by atoms with Gasteiger partial charge in [-0.05, 0) is 35.4 Å². The first-order valence-electron chi connectivity index (χ1n) is 8.00. The number of carbonyl (C=O) groups excluding carboxylic acids is 1. The molecule has 26 heavy (non-hydrogen) atoms. The Morgan fingerprint density at radius 2 is 1.85 bits per heavy atom. The molecule has 2 aromatic carbocycles. The quantitative estimate of drug-likeness (QED) is 0.447. The molecule has 5 heteroatoms. The molecule has 0 spiro atoms. The summed E-state index contributed by atoms with van der Waals surface area (Å²) in [5, 5.41) is 10.6. The highest BCUT2D eigenvalue weighted by atomic mass is 16.5. The van der Waals surface area contributed by atoms with Gasteiger partial charge in [0.2, 0.25) is 0 Å². The minimum Gasteiger partial charge on any atom is -0.508 e. The van der Waals surface area contributed by atoms with Crippen LogP contribution in [-0.4, -0.2) is 11.6 Å². The standard InChI is InChI=1S/C21H14O5/c22-12-25-11-13-3-1-2-4-16(13)21-17-7-5-14(23)9-19(17)26-20-10-15(24)6-8-18(20)21/h1-10,12,23H,11H2. The Bertz CT molecular complexity index is 1140. The van der Waals surface area contributed by atoms with Crippen molar-refractivity contribution in [3.63, 3.8) is 0 Å². The molecule has 5 nitrogen and oxygen atoms in total.